The van der Waals surface area contributed by atoms with Gasteiger partial charge in [0.25, 0.3) is 0 Å². The van der Waals surface area contributed by atoms with Crippen molar-refractivity contribution in [2.24, 2.45) is 0 Å². The predicted molar refractivity (Wildman–Crippen MR) is 64.9 cm³/mol. The minimum Gasteiger partial charge on any atom is -0.448 e. The zero-order valence-electron chi connectivity index (χ0n) is 8.41. The molecule has 0 saturated heterocycles. The van der Waals surface area contributed by atoms with Gasteiger partial charge in [-0.3, -0.25) is 0 Å². The fourth-order valence-electron chi connectivity index (χ4n) is 1.41. The van der Waals surface area contributed by atoms with E-state index in [2.05, 4.69) is 21.0 Å². The van der Waals surface area contributed by atoms with Gasteiger partial charge in [-0.15, -0.1) is 0 Å². The van der Waals surface area contributed by atoms with Crippen molar-refractivity contribution in [2.75, 3.05) is 6.61 Å². The Morgan fingerprint density at radius 1 is 1.62 bits per heavy atom. The zero-order chi connectivity index (χ0) is 11.7. The van der Waals surface area contributed by atoms with Gasteiger partial charge in [-0.25, -0.2) is 4.79 Å². The third-order valence-corrected chi connectivity index (χ3v) is 2.94. The summed E-state index contributed by atoms with van der Waals surface area (Å²) in [4.78, 5) is 11.6. The molecular weight excluding hydrogens is 295 g/mol. The average molecular weight is 304 g/mol. The molecule has 0 unspecified atom stereocenters. The van der Waals surface area contributed by atoms with Crippen LogP contribution in [0.5, 0.6) is 0 Å². The van der Waals surface area contributed by atoms with E-state index in [-0.39, 0.29) is 0 Å². The summed E-state index contributed by atoms with van der Waals surface area (Å²) in [5, 5.41) is 5.28. The van der Waals surface area contributed by atoms with Crippen molar-refractivity contribution in [3.8, 4) is 0 Å². The van der Waals surface area contributed by atoms with Crippen LogP contribution in [-0.4, -0.2) is 22.5 Å². The summed E-state index contributed by atoms with van der Waals surface area (Å²) in [6.07, 6.45) is -0.536. The van der Waals surface area contributed by atoms with Crippen molar-refractivity contribution in [3.05, 3.63) is 27.8 Å². The number of hydrogen-bond acceptors (Lipinski definition) is 3. The van der Waals surface area contributed by atoms with E-state index in [1.54, 1.807) is 19.1 Å². The molecule has 0 aliphatic rings. The van der Waals surface area contributed by atoms with E-state index < -0.39 is 6.09 Å². The largest absolute Gasteiger partial charge is 0.448 e. The Balaban J connectivity index is 2.66. The van der Waals surface area contributed by atoms with Gasteiger partial charge in [-0.2, -0.15) is 9.78 Å². The number of fused-ring (bicyclic) bond motifs is 1. The fourth-order valence-corrected chi connectivity index (χ4v) is 2.14. The number of para-hydroxylation sites is 1. The second-order valence-electron chi connectivity index (χ2n) is 3.04. The van der Waals surface area contributed by atoms with Gasteiger partial charge in [-0.05, 0) is 35.0 Å². The van der Waals surface area contributed by atoms with E-state index in [4.69, 9.17) is 16.3 Å². The number of rotatable bonds is 1. The number of hydrogen-bond donors (Lipinski definition) is 0. The number of ether oxygens (including phenoxy) is 1. The van der Waals surface area contributed by atoms with Crippen molar-refractivity contribution in [2.45, 2.75) is 6.92 Å². The number of benzene rings is 1. The predicted octanol–water partition coefficient (Wildman–Crippen LogP) is 3.46. The third kappa shape index (κ3) is 1.81. The smallest absolute Gasteiger partial charge is 0.435 e. The second kappa shape index (κ2) is 4.43. The molecule has 2 rings (SSSR count). The summed E-state index contributed by atoms with van der Waals surface area (Å²) in [5.74, 6) is 0. The fraction of sp³-hybridized carbons (Fsp3) is 0.200. The summed E-state index contributed by atoms with van der Waals surface area (Å²) < 4.78 is 6.61. The number of halogens is 2. The highest BCUT2D eigenvalue weighted by molar-refractivity contribution is 9.10. The average Bonchev–Trinajstić information content (AvgIpc) is 2.58. The molecule has 0 N–H and O–H groups in total. The van der Waals surface area contributed by atoms with E-state index in [0.29, 0.717) is 21.7 Å². The molecule has 0 amide bonds. The van der Waals surface area contributed by atoms with E-state index in [1.807, 2.05) is 6.07 Å². The Labute approximate surface area is 105 Å². The standard InChI is InChI=1S/C10H8BrClN2O2/c1-2-16-10(15)14-8-6(9(11)13-14)4-3-5-7(8)12/h3-5H,2H2,1H3. The molecule has 1 heterocycles. The van der Waals surface area contributed by atoms with Gasteiger partial charge in [-0.1, -0.05) is 17.7 Å². The molecule has 1 aromatic heterocycles. The lowest BCUT2D eigenvalue weighted by atomic mass is 10.2. The maximum Gasteiger partial charge on any atom is 0.435 e. The first kappa shape index (κ1) is 11.4. The number of aromatic nitrogens is 2. The first-order valence-electron chi connectivity index (χ1n) is 4.65. The van der Waals surface area contributed by atoms with E-state index in [1.165, 1.54) is 0 Å². The van der Waals surface area contributed by atoms with Gasteiger partial charge < -0.3 is 4.74 Å². The molecule has 0 fully saturated rings. The molecule has 6 heteroatoms. The molecule has 16 heavy (non-hydrogen) atoms. The van der Waals surface area contributed by atoms with Crippen LogP contribution in [0.3, 0.4) is 0 Å². The molecule has 0 saturated carbocycles. The monoisotopic (exact) mass is 302 g/mol. The number of carbonyl (C=O) groups is 1. The summed E-state index contributed by atoms with van der Waals surface area (Å²) in [6, 6.07) is 5.33. The molecule has 0 aliphatic heterocycles. The molecule has 2 aromatic rings. The summed E-state index contributed by atoms with van der Waals surface area (Å²) in [6.45, 7) is 2.03. The van der Waals surface area contributed by atoms with Crippen LogP contribution in [0.1, 0.15) is 6.92 Å². The topological polar surface area (TPSA) is 44.1 Å². The van der Waals surface area contributed by atoms with Crippen molar-refractivity contribution >= 4 is 44.5 Å². The van der Waals surface area contributed by atoms with Crippen molar-refractivity contribution < 1.29 is 9.53 Å². The minimum atomic E-state index is -0.536. The van der Waals surface area contributed by atoms with Gasteiger partial charge >= 0.3 is 6.09 Å². The molecule has 84 valence electrons. The van der Waals surface area contributed by atoms with Crippen molar-refractivity contribution in [1.29, 1.82) is 0 Å². The van der Waals surface area contributed by atoms with Crippen LogP contribution < -0.4 is 0 Å². The molecule has 4 nitrogen and oxygen atoms in total. The third-order valence-electron chi connectivity index (χ3n) is 2.05. The Morgan fingerprint density at radius 2 is 2.38 bits per heavy atom. The lowest BCUT2D eigenvalue weighted by Gasteiger charge is -2.02. The van der Waals surface area contributed by atoms with Crippen LogP contribution in [0.2, 0.25) is 5.02 Å². The molecule has 0 bridgehead atoms. The summed E-state index contributed by atoms with van der Waals surface area (Å²) in [5.41, 5.74) is 0.550. The Bertz CT molecular complexity index is 553. The molecular formula is C10H8BrClN2O2. The zero-order valence-corrected chi connectivity index (χ0v) is 10.7. The summed E-state index contributed by atoms with van der Waals surface area (Å²) in [7, 11) is 0. The maximum absolute atomic E-state index is 11.6. The SMILES string of the molecule is CCOC(=O)n1nc(Br)c2cccc(Cl)c21. The Morgan fingerprint density at radius 3 is 3.06 bits per heavy atom. The van der Waals surface area contributed by atoms with Gasteiger partial charge in [0.2, 0.25) is 0 Å². The molecule has 1 aromatic carbocycles. The normalized spacial score (nSPS) is 10.7. The molecule has 0 spiro atoms. The lowest BCUT2D eigenvalue weighted by Crippen LogP contribution is -2.14. The van der Waals surface area contributed by atoms with Crippen LogP contribution in [0, 0.1) is 0 Å². The van der Waals surface area contributed by atoms with Gasteiger partial charge in [0.15, 0.2) is 0 Å². The Hall–Kier alpha value is -1.07. The van der Waals surface area contributed by atoms with E-state index in [0.717, 1.165) is 10.1 Å². The van der Waals surface area contributed by atoms with Crippen LogP contribution in [-0.2, 0) is 4.74 Å². The molecule has 0 atom stereocenters. The van der Waals surface area contributed by atoms with E-state index >= 15 is 0 Å². The number of nitrogens with zero attached hydrogens (tertiary/aromatic N) is 2. The highest BCUT2D eigenvalue weighted by Gasteiger charge is 2.17. The van der Waals surface area contributed by atoms with Crippen LogP contribution >= 0.6 is 27.5 Å². The number of carbonyl (C=O) groups excluding carboxylic acids is 1. The highest BCUT2D eigenvalue weighted by Crippen LogP contribution is 2.28. The van der Waals surface area contributed by atoms with E-state index in [9.17, 15) is 4.79 Å². The quantitative estimate of drug-likeness (QED) is 0.810. The Kier molecular flexibility index (Phi) is 3.16. The highest BCUT2D eigenvalue weighted by atomic mass is 79.9. The van der Waals surface area contributed by atoms with Crippen LogP contribution in [0.25, 0.3) is 10.9 Å². The first-order valence-corrected chi connectivity index (χ1v) is 5.82. The second-order valence-corrected chi connectivity index (χ2v) is 4.20. The van der Waals surface area contributed by atoms with Crippen LogP contribution in [0.15, 0.2) is 22.8 Å². The van der Waals surface area contributed by atoms with Crippen molar-refractivity contribution in [1.82, 2.24) is 9.78 Å². The van der Waals surface area contributed by atoms with Crippen LogP contribution in [0.4, 0.5) is 4.79 Å². The maximum atomic E-state index is 11.6. The van der Waals surface area contributed by atoms with Gasteiger partial charge in [0.05, 0.1) is 11.6 Å². The van der Waals surface area contributed by atoms with Gasteiger partial charge in [0.1, 0.15) is 10.1 Å². The molecule has 0 aliphatic carbocycles. The first-order chi connectivity index (χ1) is 7.65. The summed E-state index contributed by atoms with van der Waals surface area (Å²) >= 11 is 9.30. The minimum absolute atomic E-state index is 0.294. The lowest BCUT2D eigenvalue weighted by molar-refractivity contribution is 0.151. The molecule has 0 radical (unpaired) electrons. The van der Waals surface area contributed by atoms with Crippen molar-refractivity contribution in [3.63, 3.8) is 0 Å². The van der Waals surface area contributed by atoms with Gasteiger partial charge in [0, 0.05) is 5.39 Å².